The average molecular weight is 353 g/mol. The van der Waals surface area contributed by atoms with E-state index in [4.69, 9.17) is 4.74 Å². The van der Waals surface area contributed by atoms with E-state index in [9.17, 15) is 4.79 Å². The monoisotopic (exact) mass is 353 g/mol. The molecule has 2 aromatic rings. The van der Waals surface area contributed by atoms with Gasteiger partial charge in [0.25, 0.3) is 0 Å². The van der Waals surface area contributed by atoms with Gasteiger partial charge in [-0.2, -0.15) is 0 Å². The Morgan fingerprint density at radius 1 is 1.28 bits per heavy atom. The second-order valence-corrected chi connectivity index (χ2v) is 7.14. The highest BCUT2D eigenvalue weighted by atomic mass is 32.2. The van der Waals surface area contributed by atoms with Crippen LogP contribution in [0.4, 0.5) is 0 Å². The van der Waals surface area contributed by atoms with Gasteiger partial charge in [-0.15, -0.1) is 11.8 Å². The van der Waals surface area contributed by atoms with Crippen LogP contribution in [0.2, 0.25) is 0 Å². The first-order chi connectivity index (χ1) is 12.1. The molecule has 0 aromatic heterocycles. The zero-order valence-electron chi connectivity index (χ0n) is 14.6. The van der Waals surface area contributed by atoms with E-state index in [0.717, 1.165) is 30.8 Å². The minimum atomic E-state index is -0.0639. The van der Waals surface area contributed by atoms with Crippen molar-refractivity contribution in [3.8, 4) is 5.75 Å². The van der Waals surface area contributed by atoms with Crippen LogP contribution in [0, 0.1) is 0 Å². The maximum atomic E-state index is 12.1. The van der Waals surface area contributed by atoms with Gasteiger partial charge >= 0.3 is 0 Å². The van der Waals surface area contributed by atoms with Gasteiger partial charge in [0.05, 0.1) is 6.61 Å². The number of carbonyl (C=O) groups excluding carboxylic acids is 1. The number of hydrogen-bond acceptors (Lipinski definition) is 3. The lowest BCUT2D eigenvalue weighted by molar-refractivity contribution is -0.117. The molecule has 1 heterocycles. The molecule has 1 amide bonds. The lowest BCUT2D eigenvalue weighted by Crippen LogP contribution is -2.32. The van der Waals surface area contributed by atoms with Crippen LogP contribution in [0.1, 0.15) is 23.6 Å². The highest BCUT2D eigenvalue weighted by Gasteiger charge is 2.13. The van der Waals surface area contributed by atoms with Gasteiger partial charge < -0.3 is 10.1 Å². The molecule has 1 aliphatic heterocycles. The van der Waals surface area contributed by atoms with Crippen LogP contribution in [0.5, 0.6) is 5.75 Å². The third-order valence-corrected chi connectivity index (χ3v) is 4.97. The van der Waals surface area contributed by atoms with Crippen molar-refractivity contribution in [1.29, 1.82) is 0 Å². The van der Waals surface area contributed by atoms with Crippen molar-refractivity contribution < 1.29 is 9.53 Å². The summed E-state index contributed by atoms with van der Waals surface area (Å²) >= 11 is 1.71. The van der Waals surface area contributed by atoms with E-state index in [1.807, 2.05) is 37.5 Å². The van der Waals surface area contributed by atoms with E-state index in [-0.39, 0.29) is 11.9 Å². The molecule has 1 unspecified atom stereocenters. The van der Waals surface area contributed by atoms with Gasteiger partial charge in [0, 0.05) is 23.4 Å². The molecule has 0 fully saturated rings. The molecule has 0 aliphatic carbocycles. The molecule has 3 nitrogen and oxygen atoms in total. The normalized spacial score (nSPS) is 14.2. The Balaban J connectivity index is 1.52. The number of amides is 1. The summed E-state index contributed by atoms with van der Waals surface area (Å²) in [7, 11) is 0. The Morgan fingerprint density at radius 2 is 2.08 bits per heavy atom. The van der Waals surface area contributed by atoms with Gasteiger partial charge in [0.15, 0.2) is 0 Å². The van der Waals surface area contributed by atoms with Crippen LogP contribution in [-0.2, 0) is 17.6 Å². The SMILES string of the molecule is CSc1ccc(C=CC(=O)NC(C)Cc2ccc3c(c2)CCO3)cc1. The predicted molar refractivity (Wildman–Crippen MR) is 104 cm³/mol. The molecule has 3 rings (SSSR count). The molecule has 25 heavy (non-hydrogen) atoms. The molecule has 4 heteroatoms. The Hall–Kier alpha value is -2.20. The van der Waals surface area contributed by atoms with Gasteiger partial charge in [-0.25, -0.2) is 0 Å². The molecule has 130 valence electrons. The summed E-state index contributed by atoms with van der Waals surface area (Å²) in [5.41, 5.74) is 3.53. The number of thioether (sulfide) groups is 1. The lowest BCUT2D eigenvalue weighted by Gasteiger charge is -2.13. The maximum absolute atomic E-state index is 12.1. The molecule has 1 N–H and O–H groups in total. The summed E-state index contributed by atoms with van der Waals surface area (Å²) in [4.78, 5) is 13.3. The number of hydrogen-bond donors (Lipinski definition) is 1. The summed E-state index contributed by atoms with van der Waals surface area (Å²) in [6, 6.07) is 14.5. The number of rotatable bonds is 6. The second kappa shape index (κ2) is 8.26. The fourth-order valence-electron chi connectivity index (χ4n) is 2.95. The van der Waals surface area contributed by atoms with Crippen LogP contribution in [0.15, 0.2) is 53.4 Å². The standard InChI is InChI=1S/C21H23NO2S/c1-15(13-17-5-9-20-18(14-17)11-12-24-20)22-21(23)10-6-16-3-7-19(25-2)8-4-16/h3-10,14-15H,11-13H2,1-2H3,(H,22,23). The summed E-state index contributed by atoms with van der Waals surface area (Å²) in [6.45, 7) is 2.80. The van der Waals surface area contributed by atoms with Crippen molar-refractivity contribution in [3.05, 3.63) is 65.2 Å². The average Bonchev–Trinajstić information content (AvgIpc) is 3.08. The van der Waals surface area contributed by atoms with Crippen molar-refractivity contribution in [2.24, 2.45) is 0 Å². The molecular formula is C21H23NO2S. The van der Waals surface area contributed by atoms with Crippen molar-refractivity contribution in [2.45, 2.75) is 30.7 Å². The van der Waals surface area contributed by atoms with E-state index in [0.29, 0.717) is 0 Å². The minimum absolute atomic E-state index is 0.0639. The largest absolute Gasteiger partial charge is 0.493 e. The van der Waals surface area contributed by atoms with Gasteiger partial charge in [-0.05, 0) is 60.6 Å². The number of benzene rings is 2. The van der Waals surface area contributed by atoms with Crippen molar-refractivity contribution in [1.82, 2.24) is 5.32 Å². The summed E-state index contributed by atoms with van der Waals surface area (Å²) in [6.07, 6.45) is 7.28. The van der Waals surface area contributed by atoms with Crippen LogP contribution in [0.25, 0.3) is 6.08 Å². The van der Waals surface area contributed by atoms with Gasteiger partial charge in [-0.1, -0.05) is 24.3 Å². The Bertz CT molecular complexity index is 768. The smallest absolute Gasteiger partial charge is 0.244 e. The zero-order valence-corrected chi connectivity index (χ0v) is 15.4. The van der Waals surface area contributed by atoms with Crippen LogP contribution in [0.3, 0.4) is 0 Å². The molecule has 0 saturated heterocycles. The second-order valence-electron chi connectivity index (χ2n) is 6.26. The Kier molecular flexibility index (Phi) is 5.82. The van der Waals surface area contributed by atoms with E-state index in [1.165, 1.54) is 16.0 Å². The van der Waals surface area contributed by atoms with Crippen molar-refractivity contribution in [3.63, 3.8) is 0 Å². The number of nitrogens with one attached hydrogen (secondary N) is 1. The number of carbonyl (C=O) groups is 1. The highest BCUT2D eigenvalue weighted by molar-refractivity contribution is 7.98. The topological polar surface area (TPSA) is 38.3 Å². The highest BCUT2D eigenvalue weighted by Crippen LogP contribution is 2.26. The molecule has 0 saturated carbocycles. The van der Waals surface area contributed by atoms with E-state index in [2.05, 4.69) is 29.6 Å². The first-order valence-corrected chi connectivity index (χ1v) is 9.74. The minimum Gasteiger partial charge on any atom is -0.493 e. The zero-order chi connectivity index (χ0) is 17.6. The van der Waals surface area contributed by atoms with Crippen LogP contribution < -0.4 is 10.1 Å². The number of fused-ring (bicyclic) bond motifs is 1. The molecule has 0 bridgehead atoms. The van der Waals surface area contributed by atoms with Crippen molar-refractivity contribution in [2.75, 3.05) is 12.9 Å². The van der Waals surface area contributed by atoms with E-state index in [1.54, 1.807) is 17.8 Å². The number of ether oxygens (including phenoxy) is 1. The van der Waals surface area contributed by atoms with E-state index >= 15 is 0 Å². The lowest BCUT2D eigenvalue weighted by atomic mass is 10.0. The molecule has 0 radical (unpaired) electrons. The van der Waals surface area contributed by atoms with Gasteiger partial charge in [-0.3, -0.25) is 4.79 Å². The fraction of sp³-hybridized carbons (Fsp3) is 0.286. The molecule has 1 atom stereocenters. The first kappa shape index (κ1) is 17.6. The third-order valence-electron chi connectivity index (χ3n) is 4.23. The molecule has 2 aromatic carbocycles. The van der Waals surface area contributed by atoms with Gasteiger partial charge in [0.1, 0.15) is 5.75 Å². The molecule has 0 spiro atoms. The van der Waals surface area contributed by atoms with Crippen LogP contribution in [-0.4, -0.2) is 24.8 Å². The fourth-order valence-corrected chi connectivity index (χ4v) is 3.36. The molecular weight excluding hydrogens is 330 g/mol. The van der Waals surface area contributed by atoms with Gasteiger partial charge in [0.2, 0.25) is 5.91 Å². The van der Waals surface area contributed by atoms with E-state index < -0.39 is 0 Å². The Morgan fingerprint density at radius 3 is 2.84 bits per heavy atom. The molecule has 1 aliphatic rings. The first-order valence-electron chi connectivity index (χ1n) is 8.51. The van der Waals surface area contributed by atoms with Crippen molar-refractivity contribution >= 4 is 23.7 Å². The third kappa shape index (κ3) is 4.89. The predicted octanol–water partition coefficient (Wildman–Crippen LogP) is 4.10. The van der Waals surface area contributed by atoms with Crippen LogP contribution >= 0.6 is 11.8 Å². The summed E-state index contributed by atoms with van der Waals surface area (Å²) in [5, 5.41) is 3.03. The quantitative estimate of drug-likeness (QED) is 0.627. The maximum Gasteiger partial charge on any atom is 0.244 e. The summed E-state index contributed by atoms with van der Waals surface area (Å²) in [5.74, 6) is 0.932. The summed E-state index contributed by atoms with van der Waals surface area (Å²) < 4.78 is 5.53. The Labute approximate surface area is 153 Å².